The zero-order chi connectivity index (χ0) is 24.1. The zero-order valence-corrected chi connectivity index (χ0v) is 21.5. The Morgan fingerprint density at radius 2 is 1.94 bits per heavy atom. The number of methoxy groups -OCH3 is 1. The largest absolute Gasteiger partial charge is 0.443 e. The molecule has 190 valence electrons. The van der Waals surface area contributed by atoms with E-state index in [0.717, 1.165) is 58.2 Å². The molecule has 0 radical (unpaired) electrons. The SMILES string of the molecule is COC1C(OC(=O)NCCCCCCOC(C)C)CC[C@]2(CO2)C1C1(C)O[C@@H]1CC=C(C)C. The lowest BCUT2D eigenvalue weighted by atomic mass is 9.68. The van der Waals surface area contributed by atoms with Crippen LogP contribution in [0.15, 0.2) is 11.6 Å². The van der Waals surface area contributed by atoms with Crippen molar-refractivity contribution in [1.82, 2.24) is 5.32 Å². The molecule has 1 saturated carbocycles. The molecule has 1 N–H and O–H groups in total. The summed E-state index contributed by atoms with van der Waals surface area (Å²) in [4.78, 5) is 12.5. The van der Waals surface area contributed by atoms with Crippen molar-refractivity contribution in [3.8, 4) is 0 Å². The van der Waals surface area contributed by atoms with Crippen molar-refractivity contribution >= 4 is 6.09 Å². The number of carbonyl (C=O) groups excluding carboxylic acids is 1. The van der Waals surface area contributed by atoms with Crippen LogP contribution in [0.1, 0.15) is 79.6 Å². The molecule has 3 rings (SSSR count). The van der Waals surface area contributed by atoms with Crippen LogP contribution < -0.4 is 5.32 Å². The lowest BCUT2D eigenvalue weighted by molar-refractivity contribution is -0.118. The lowest BCUT2D eigenvalue weighted by Gasteiger charge is -2.42. The topological polar surface area (TPSA) is 81.9 Å². The van der Waals surface area contributed by atoms with Gasteiger partial charge < -0.3 is 29.0 Å². The van der Waals surface area contributed by atoms with Crippen molar-refractivity contribution in [2.75, 3.05) is 26.9 Å². The number of hydrogen-bond acceptors (Lipinski definition) is 6. The highest BCUT2D eigenvalue weighted by Gasteiger charge is 2.72. The molecule has 4 unspecified atom stereocenters. The van der Waals surface area contributed by atoms with E-state index in [2.05, 4.69) is 46.0 Å². The smallest absolute Gasteiger partial charge is 0.407 e. The maximum atomic E-state index is 12.5. The van der Waals surface area contributed by atoms with Gasteiger partial charge in [-0.05, 0) is 66.7 Å². The van der Waals surface area contributed by atoms with Crippen molar-refractivity contribution in [3.05, 3.63) is 11.6 Å². The van der Waals surface area contributed by atoms with Crippen LogP contribution in [-0.4, -0.2) is 68.6 Å². The molecule has 6 atom stereocenters. The van der Waals surface area contributed by atoms with Crippen molar-refractivity contribution < 1.29 is 28.5 Å². The summed E-state index contributed by atoms with van der Waals surface area (Å²) in [6.07, 6.45) is 8.41. The number of nitrogens with one attached hydrogen (secondary N) is 1. The van der Waals surface area contributed by atoms with E-state index in [4.69, 9.17) is 23.7 Å². The number of alkyl carbamates (subject to hydrolysis) is 1. The van der Waals surface area contributed by atoms with E-state index in [1.165, 1.54) is 5.57 Å². The molecular weight excluding hydrogens is 422 g/mol. The molecule has 1 spiro atoms. The summed E-state index contributed by atoms with van der Waals surface area (Å²) in [6, 6.07) is 0. The predicted molar refractivity (Wildman–Crippen MR) is 127 cm³/mol. The number of ether oxygens (including phenoxy) is 5. The fourth-order valence-corrected chi connectivity index (χ4v) is 5.34. The van der Waals surface area contributed by atoms with Crippen molar-refractivity contribution in [2.45, 2.75) is 115 Å². The van der Waals surface area contributed by atoms with Gasteiger partial charge in [-0.25, -0.2) is 4.79 Å². The molecule has 3 fully saturated rings. The van der Waals surface area contributed by atoms with Crippen LogP contribution >= 0.6 is 0 Å². The highest BCUT2D eigenvalue weighted by atomic mass is 16.6. The molecule has 2 heterocycles. The third-order valence-electron chi connectivity index (χ3n) is 7.29. The Labute approximate surface area is 199 Å². The Bertz CT molecular complexity index is 672. The molecule has 33 heavy (non-hydrogen) atoms. The molecule has 3 aliphatic rings. The quantitative estimate of drug-likeness (QED) is 0.239. The Morgan fingerprint density at radius 3 is 2.58 bits per heavy atom. The van der Waals surface area contributed by atoms with Gasteiger partial charge in [0.05, 0.1) is 24.7 Å². The summed E-state index contributed by atoms with van der Waals surface area (Å²) in [6.45, 7) is 12.6. The summed E-state index contributed by atoms with van der Waals surface area (Å²) in [5, 5.41) is 2.91. The number of epoxide rings is 2. The third kappa shape index (κ3) is 6.93. The zero-order valence-electron chi connectivity index (χ0n) is 21.5. The van der Waals surface area contributed by atoms with Crippen LogP contribution in [0.5, 0.6) is 0 Å². The molecule has 7 heteroatoms. The average molecular weight is 468 g/mol. The highest BCUT2D eigenvalue weighted by molar-refractivity contribution is 5.67. The second kappa shape index (κ2) is 11.5. The third-order valence-corrected chi connectivity index (χ3v) is 7.29. The van der Waals surface area contributed by atoms with E-state index >= 15 is 0 Å². The van der Waals surface area contributed by atoms with Gasteiger partial charge in [-0.15, -0.1) is 0 Å². The lowest BCUT2D eigenvalue weighted by Crippen LogP contribution is -2.56. The van der Waals surface area contributed by atoms with Crippen molar-refractivity contribution in [3.63, 3.8) is 0 Å². The van der Waals surface area contributed by atoms with E-state index in [1.807, 2.05) is 0 Å². The van der Waals surface area contributed by atoms with Crippen molar-refractivity contribution in [1.29, 1.82) is 0 Å². The van der Waals surface area contributed by atoms with Crippen LogP contribution in [0.4, 0.5) is 4.79 Å². The molecule has 0 bridgehead atoms. The minimum atomic E-state index is -0.362. The second-order valence-electron chi connectivity index (χ2n) is 10.6. The van der Waals surface area contributed by atoms with Crippen LogP contribution in [-0.2, 0) is 23.7 Å². The number of unbranched alkanes of at least 4 members (excludes halogenated alkanes) is 3. The predicted octanol–water partition coefficient (Wildman–Crippen LogP) is 4.77. The Morgan fingerprint density at radius 1 is 1.21 bits per heavy atom. The van der Waals surface area contributed by atoms with Crippen LogP contribution in [0.2, 0.25) is 0 Å². The van der Waals surface area contributed by atoms with Crippen LogP contribution in [0.25, 0.3) is 0 Å². The van der Waals surface area contributed by atoms with Crippen LogP contribution in [0, 0.1) is 5.92 Å². The van der Waals surface area contributed by atoms with Gasteiger partial charge in [0, 0.05) is 20.3 Å². The van der Waals surface area contributed by atoms with E-state index in [0.29, 0.717) is 6.54 Å². The van der Waals surface area contributed by atoms with E-state index in [9.17, 15) is 4.79 Å². The molecule has 1 aliphatic carbocycles. The number of rotatable bonds is 13. The van der Waals surface area contributed by atoms with E-state index in [1.54, 1.807) is 7.11 Å². The molecule has 0 aromatic heterocycles. The summed E-state index contributed by atoms with van der Waals surface area (Å²) in [7, 11) is 1.70. The number of allylic oxidation sites excluding steroid dienone is 1. The van der Waals surface area contributed by atoms with Gasteiger partial charge >= 0.3 is 6.09 Å². The van der Waals surface area contributed by atoms with Gasteiger partial charge in [-0.1, -0.05) is 24.5 Å². The molecule has 7 nitrogen and oxygen atoms in total. The molecular formula is C26H45NO6. The maximum absolute atomic E-state index is 12.5. The van der Waals surface area contributed by atoms with Crippen molar-refractivity contribution in [2.24, 2.45) is 5.92 Å². The molecule has 1 amide bonds. The number of hydrogen-bond donors (Lipinski definition) is 1. The molecule has 0 aromatic rings. The van der Waals surface area contributed by atoms with Gasteiger partial charge in [0.25, 0.3) is 0 Å². The van der Waals surface area contributed by atoms with E-state index < -0.39 is 0 Å². The first-order valence-electron chi connectivity index (χ1n) is 12.8. The summed E-state index contributed by atoms with van der Waals surface area (Å²) < 4.78 is 29.5. The first-order chi connectivity index (χ1) is 15.7. The minimum Gasteiger partial charge on any atom is -0.443 e. The second-order valence-corrected chi connectivity index (χ2v) is 10.6. The van der Waals surface area contributed by atoms with Gasteiger partial charge in [-0.3, -0.25) is 0 Å². The highest BCUT2D eigenvalue weighted by Crippen LogP contribution is 2.59. The van der Waals surface area contributed by atoms with Crippen LogP contribution in [0.3, 0.4) is 0 Å². The minimum absolute atomic E-state index is 0.0465. The van der Waals surface area contributed by atoms with Gasteiger partial charge in [0.2, 0.25) is 0 Å². The average Bonchev–Trinajstić information content (AvgIpc) is 3.67. The Balaban J connectivity index is 1.45. The first-order valence-corrected chi connectivity index (χ1v) is 12.8. The monoisotopic (exact) mass is 467 g/mol. The molecule has 2 aliphatic heterocycles. The maximum Gasteiger partial charge on any atom is 0.407 e. The summed E-state index contributed by atoms with van der Waals surface area (Å²) >= 11 is 0. The summed E-state index contributed by atoms with van der Waals surface area (Å²) in [5.41, 5.74) is 0.769. The summed E-state index contributed by atoms with van der Waals surface area (Å²) in [5.74, 6) is 0.0465. The Kier molecular flexibility index (Phi) is 9.23. The van der Waals surface area contributed by atoms with Gasteiger partial charge in [0.1, 0.15) is 23.4 Å². The molecule has 0 aromatic carbocycles. The Hall–Kier alpha value is -1.15. The fourth-order valence-electron chi connectivity index (χ4n) is 5.34. The number of amides is 1. The standard InChI is InChI=1S/C26H45NO6/c1-18(2)11-12-21-25(5,33-21)23-22(29-6)20(13-14-26(23)17-31-26)32-24(28)27-15-9-7-8-10-16-30-19(3)4/h11,19-23H,7-10,12-17H2,1-6H3,(H,27,28)/t20?,21-,22?,23?,25?,26+/m1/s1. The first kappa shape index (κ1) is 26.5. The van der Waals surface area contributed by atoms with E-state index in [-0.39, 0.29) is 47.6 Å². The van der Waals surface area contributed by atoms with Gasteiger partial charge in [-0.2, -0.15) is 0 Å². The fraction of sp³-hybridized carbons (Fsp3) is 0.885. The molecule has 2 saturated heterocycles. The van der Waals surface area contributed by atoms with Gasteiger partial charge in [0.15, 0.2) is 0 Å². The normalized spacial score (nSPS) is 34.9. The number of carbonyl (C=O) groups is 1.